The van der Waals surface area contributed by atoms with E-state index in [-0.39, 0.29) is 30.6 Å². The highest BCUT2D eigenvalue weighted by molar-refractivity contribution is 7.17. The van der Waals surface area contributed by atoms with E-state index in [4.69, 9.17) is 14.2 Å². The van der Waals surface area contributed by atoms with Crippen LogP contribution in [0.3, 0.4) is 0 Å². The summed E-state index contributed by atoms with van der Waals surface area (Å²) in [5, 5.41) is 6.03. The molecule has 40 heavy (non-hydrogen) atoms. The molecule has 2 amide bonds. The van der Waals surface area contributed by atoms with Gasteiger partial charge in [-0.25, -0.2) is 9.97 Å². The molecule has 3 heterocycles. The number of ether oxygens (including phenoxy) is 3. The molecule has 0 unspecified atom stereocenters. The lowest BCUT2D eigenvalue weighted by molar-refractivity contribution is -0.119. The van der Waals surface area contributed by atoms with Gasteiger partial charge in [0.2, 0.25) is 5.88 Å². The quantitative estimate of drug-likeness (QED) is 0.333. The van der Waals surface area contributed by atoms with E-state index in [9.17, 15) is 9.59 Å². The van der Waals surface area contributed by atoms with Gasteiger partial charge in [0.15, 0.2) is 5.13 Å². The van der Waals surface area contributed by atoms with E-state index in [2.05, 4.69) is 25.5 Å². The predicted octanol–water partition coefficient (Wildman–Crippen LogP) is 4.37. The summed E-state index contributed by atoms with van der Waals surface area (Å²) in [6.45, 7) is 6.06. The van der Waals surface area contributed by atoms with Gasteiger partial charge in [-0.15, -0.1) is 0 Å². The number of carbonyl (C=O) groups is 2. The van der Waals surface area contributed by atoms with Crippen LogP contribution in [0.25, 0.3) is 0 Å². The minimum atomic E-state index is -0.315. The zero-order chi connectivity index (χ0) is 28.1. The summed E-state index contributed by atoms with van der Waals surface area (Å²) in [6, 6.07) is 11.6. The fourth-order valence-corrected chi connectivity index (χ4v) is 5.43. The Labute approximate surface area is 238 Å². The molecule has 2 atom stereocenters. The Hall–Kier alpha value is -3.70. The molecule has 10 nitrogen and oxygen atoms in total. The van der Waals surface area contributed by atoms with Crippen molar-refractivity contribution in [1.82, 2.24) is 15.3 Å². The minimum Gasteiger partial charge on any atom is -0.489 e. The number of carbonyl (C=O) groups excluding carboxylic acids is 2. The summed E-state index contributed by atoms with van der Waals surface area (Å²) in [5.41, 5.74) is 2.62. The Kier molecular flexibility index (Phi) is 8.81. The Balaban J connectivity index is 1.11. The fourth-order valence-electron chi connectivity index (χ4n) is 4.54. The number of benzene rings is 1. The number of hydrogen-bond donors (Lipinski definition) is 2. The molecule has 0 radical (unpaired) electrons. The molecule has 1 saturated heterocycles. The molecule has 2 N–H and O–H groups in total. The number of methoxy groups -OCH3 is 1. The maximum absolute atomic E-state index is 12.9. The summed E-state index contributed by atoms with van der Waals surface area (Å²) in [6.07, 6.45) is 5.33. The van der Waals surface area contributed by atoms with Gasteiger partial charge in [0.1, 0.15) is 23.3 Å². The van der Waals surface area contributed by atoms with Crippen LogP contribution in [-0.4, -0.2) is 61.3 Å². The molecule has 3 aromatic rings. The normalized spacial score (nSPS) is 17.4. The Bertz CT molecular complexity index is 1330. The van der Waals surface area contributed by atoms with Gasteiger partial charge in [-0.3, -0.25) is 14.9 Å². The molecule has 5 rings (SSSR count). The molecule has 2 aliphatic rings. The summed E-state index contributed by atoms with van der Waals surface area (Å²) < 4.78 is 16.9. The molecular weight excluding hydrogens is 530 g/mol. The lowest BCUT2D eigenvalue weighted by Gasteiger charge is -2.20. The monoisotopic (exact) mass is 565 g/mol. The number of thiazole rings is 1. The van der Waals surface area contributed by atoms with Gasteiger partial charge in [-0.2, -0.15) is 0 Å². The second kappa shape index (κ2) is 12.6. The van der Waals surface area contributed by atoms with E-state index in [1.54, 1.807) is 13.1 Å². The van der Waals surface area contributed by atoms with E-state index in [1.165, 1.54) is 20.0 Å². The summed E-state index contributed by atoms with van der Waals surface area (Å²) >= 11 is 1.14. The average molecular weight is 566 g/mol. The van der Waals surface area contributed by atoms with Crippen LogP contribution in [0.5, 0.6) is 11.6 Å². The third kappa shape index (κ3) is 7.28. The molecule has 0 bridgehead atoms. The molecule has 11 heteroatoms. The van der Waals surface area contributed by atoms with Crippen LogP contribution >= 0.6 is 11.3 Å². The maximum Gasteiger partial charge on any atom is 0.263 e. The molecule has 1 aliphatic heterocycles. The van der Waals surface area contributed by atoms with Crippen LogP contribution < -0.4 is 25.0 Å². The second-order valence-corrected chi connectivity index (χ2v) is 11.3. The van der Waals surface area contributed by atoms with Gasteiger partial charge in [0.05, 0.1) is 24.9 Å². The molecule has 2 fully saturated rings. The summed E-state index contributed by atoms with van der Waals surface area (Å²) in [7, 11) is 1.44. The van der Waals surface area contributed by atoms with E-state index in [0.29, 0.717) is 27.5 Å². The third-order valence-electron chi connectivity index (χ3n) is 6.95. The molecule has 1 aliphatic carbocycles. The van der Waals surface area contributed by atoms with Crippen molar-refractivity contribution in [3.8, 4) is 11.6 Å². The first kappa shape index (κ1) is 27.9. The van der Waals surface area contributed by atoms with Gasteiger partial charge in [0, 0.05) is 38.0 Å². The molecule has 212 valence electrons. The van der Waals surface area contributed by atoms with Gasteiger partial charge < -0.3 is 24.4 Å². The maximum atomic E-state index is 12.9. The van der Waals surface area contributed by atoms with Gasteiger partial charge >= 0.3 is 0 Å². The highest BCUT2D eigenvalue weighted by Gasteiger charge is 2.26. The average Bonchev–Trinajstić information content (AvgIpc) is 3.54. The topological polar surface area (TPSA) is 115 Å². The standard InChI is InChI=1S/C29H35N5O5S/c1-18(31-28(36)27-19(2)32-29(40-27)33-25(35)17-37-3)21-6-8-23(9-7-21)39-24-11-13-34(15-24)22-10-12-30-26(14-22)38-16-20-4-5-20/h6-10,12,14,18,20,24H,4-5,11,13,15-17H2,1-3H3,(H,31,36)(H,32,33,35)/t18-,24+/m0/s1. The Morgan fingerprint density at radius 3 is 2.73 bits per heavy atom. The lowest BCUT2D eigenvalue weighted by Crippen LogP contribution is -2.26. The van der Waals surface area contributed by atoms with Gasteiger partial charge in [0.25, 0.3) is 11.8 Å². The van der Waals surface area contributed by atoms with E-state index < -0.39 is 0 Å². The van der Waals surface area contributed by atoms with Crippen LogP contribution in [0.1, 0.15) is 53.2 Å². The lowest BCUT2D eigenvalue weighted by atomic mass is 10.1. The SMILES string of the molecule is COCC(=O)Nc1nc(C)c(C(=O)N[C@@H](C)c2ccc(O[C@@H]3CCN(c4ccnc(OCC5CC5)c4)C3)cc2)s1. The largest absolute Gasteiger partial charge is 0.489 e. The first-order valence-corrected chi connectivity index (χ1v) is 14.4. The predicted molar refractivity (Wildman–Crippen MR) is 153 cm³/mol. The van der Waals surface area contributed by atoms with Crippen molar-refractivity contribution >= 4 is 34.0 Å². The highest BCUT2D eigenvalue weighted by Crippen LogP contribution is 2.31. The van der Waals surface area contributed by atoms with Crippen molar-refractivity contribution in [2.24, 2.45) is 5.92 Å². The summed E-state index contributed by atoms with van der Waals surface area (Å²) in [4.78, 5) is 36.0. The molecule has 1 aromatic carbocycles. The van der Waals surface area contributed by atoms with Crippen molar-refractivity contribution in [2.45, 2.75) is 45.3 Å². The molecule has 1 saturated carbocycles. The van der Waals surface area contributed by atoms with Crippen LogP contribution in [0, 0.1) is 12.8 Å². The highest BCUT2D eigenvalue weighted by atomic mass is 32.1. The Morgan fingerprint density at radius 2 is 1.98 bits per heavy atom. The zero-order valence-corrected chi connectivity index (χ0v) is 23.8. The number of anilines is 2. The number of amides is 2. The minimum absolute atomic E-state index is 0.0722. The molecule has 2 aromatic heterocycles. The van der Waals surface area contributed by atoms with E-state index >= 15 is 0 Å². The van der Waals surface area contributed by atoms with Crippen molar-refractivity contribution < 1.29 is 23.8 Å². The van der Waals surface area contributed by atoms with Crippen LogP contribution in [0.4, 0.5) is 10.8 Å². The van der Waals surface area contributed by atoms with Crippen LogP contribution in [0.15, 0.2) is 42.6 Å². The number of nitrogens with zero attached hydrogens (tertiary/aromatic N) is 3. The van der Waals surface area contributed by atoms with Crippen molar-refractivity contribution in [3.63, 3.8) is 0 Å². The van der Waals surface area contributed by atoms with Crippen LogP contribution in [0.2, 0.25) is 0 Å². The van der Waals surface area contributed by atoms with E-state index in [1.807, 2.05) is 43.3 Å². The first-order valence-electron chi connectivity index (χ1n) is 13.6. The number of nitrogens with one attached hydrogen (secondary N) is 2. The summed E-state index contributed by atoms with van der Waals surface area (Å²) in [5.74, 6) is 1.62. The Morgan fingerprint density at radius 1 is 1.18 bits per heavy atom. The fraction of sp³-hybridized carbons (Fsp3) is 0.448. The second-order valence-electron chi connectivity index (χ2n) is 10.3. The van der Waals surface area contributed by atoms with Crippen molar-refractivity contribution in [2.75, 3.05) is 43.6 Å². The molecular formula is C29H35N5O5S. The smallest absolute Gasteiger partial charge is 0.263 e. The number of aryl methyl sites for hydroxylation is 1. The van der Waals surface area contributed by atoms with Crippen LogP contribution in [-0.2, 0) is 9.53 Å². The number of pyridine rings is 1. The number of aromatic nitrogens is 2. The van der Waals surface area contributed by atoms with Crippen molar-refractivity contribution in [1.29, 1.82) is 0 Å². The van der Waals surface area contributed by atoms with Gasteiger partial charge in [-0.1, -0.05) is 23.5 Å². The van der Waals surface area contributed by atoms with Gasteiger partial charge in [-0.05, 0) is 56.4 Å². The molecule has 0 spiro atoms. The zero-order valence-electron chi connectivity index (χ0n) is 23.0. The number of rotatable bonds is 12. The number of hydrogen-bond acceptors (Lipinski definition) is 9. The first-order chi connectivity index (χ1) is 19.4. The van der Waals surface area contributed by atoms with Crippen molar-refractivity contribution in [3.05, 3.63) is 58.7 Å². The van der Waals surface area contributed by atoms with E-state index in [0.717, 1.165) is 54.5 Å². The third-order valence-corrected chi connectivity index (χ3v) is 8.02.